The second kappa shape index (κ2) is 7.25. The van der Waals surface area contributed by atoms with Crippen LogP contribution in [0.5, 0.6) is 17.2 Å². The molecule has 0 saturated carbocycles. The van der Waals surface area contributed by atoms with E-state index in [1.165, 1.54) is 0 Å². The molecule has 1 aliphatic rings. The van der Waals surface area contributed by atoms with Crippen LogP contribution in [0.15, 0.2) is 42.5 Å². The maximum absolute atomic E-state index is 12.2. The van der Waals surface area contributed by atoms with Crippen molar-refractivity contribution in [3.05, 3.63) is 53.6 Å². The van der Waals surface area contributed by atoms with Gasteiger partial charge in [-0.05, 0) is 62.2 Å². The number of rotatable bonds is 6. The Morgan fingerprint density at radius 3 is 2.62 bits per heavy atom. The quantitative estimate of drug-likeness (QED) is 0.885. The third-order valence-electron chi connectivity index (χ3n) is 3.62. The summed E-state index contributed by atoms with van der Waals surface area (Å²) in [6.45, 7) is 4.77. The van der Waals surface area contributed by atoms with Crippen LogP contribution >= 0.6 is 0 Å². The van der Waals surface area contributed by atoms with Crippen LogP contribution in [0.3, 0.4) is 0 Å². The van der Waals surface area contributed by atoms with Gasteiger partial charge in [0.15, 0.2) is 11.5 Å². The molecule has 5 nitrogen and oxygen atoms in total. The summed E-state index contributed by atoms with van der Waals surface area (Å²) in [5.41, 5.74) is 1.72. The van der Waals surface area contributed by atoms with Gasteiger partial charge in [-0.2, -0.15) is 0 Å². The Bertz CT molecular complexity index is 710. The summed E-state index contributed by atoms with van der Waals surface area (Å²) in [7, 11) is 0. The molecule has 1 N–H and O–H groups in total. The van der Waals surface area contributed by atoms with E-state index >= 15 is 0 Å². The van der Waals surface area contributed by atoms with Crippen molar-refractivity contribution < 1.29 is 19.0 Å². The fourth-order valence-electron chi connectivity index (χ4n) is 2.48. The van der Waals surface area contributed by atoms with E-state index < -0.39 is 0 Å². The van der Waals surface area contributed by atoms with Crippen molar-refractivity contribution in [1.82, 2.24) is 5.32 Å². The second-order valence-corrected chi connectivity index (χ2v) is 5.88. The van der Waals surface area contributed by atoms with E-state index in [9.17, 15) is 4.79 Å². The smallest absolute Gasteiger partial charge is 0.251 e. The lowest BCUT2D eigenvalue weighted by Gasteiger charge is -2.10. The molecule has 0 saturated heterocycles. The van der Waals surface area contributed by atoms with E-state index in [2.05, 4.69) is 5.32 Å². The number of nitrogens with one attached hydrogen (secondary N) is 1. The van der Waals surface area contributed by atoms with Gasteiger partial charge in [-0.3, -0.25) is 4.79 Å². The molecule has 1 heterocycles. The highest BCUT2D eigenvalue weighted by molar-refractivity contribution is 5.94. The molecule has 5 heteroatoms. The maximum atomic E-state index is 12.2. The molecule has 3 rings (SSSR count). The van der Waals surface area contributed by atoms with E-state index in [-0.39, 0.29) is 18.8 Å². The zero-order valence-electron chi connectivity index (χ0n) is 13.9. The second-order valence-electron chi connectivity index (χ2n) is 5.88. The third kappa shape index (κ3) is 3.98. The minimum absolute atomic E-state index is 0.0909. The van der Waals surface area contributed by atoms with Crippen LogP contribution in [0.4, 0.5) is 0 Å². The van der Waals surface area contributed by atoms with Crippen LogP contribution in [-0.2, 0) is 6.42 Å². The first-order valence-electron chi connectivity index (χ1n) is 8.05. The first kappa shape index (κ1) is 16.2. The summed E-state index contributed by atoms with van der Waals surface area (Å²) < 4.78 is 16.2. The molecule has 1 aliphatic heterocycles. The van der Waals surface area contributed by atoms with Gasteiger partial charge >= 0.3 is 0 Å². The number of ether oxygens (including phenoxy) is 3. The van der Waals surface area contributed by atoms with Crippen molar-refractivity contribution in [1.29, 1.82) is 0 Å². The number of hydrogen-bond acceptors (Lipinski definition) is 4. The van der Waals surface area contributed by atoms with Crippen molar-refractivity contribution in [3.63, 3.8) is 0 Å². The minimum Gasteiger partial charge on any atom is -0.491 e. The summed E-state index contributed by atoms with van der Waals surface area (Å²) in [5, 5.41) is 2.92. The summed E-state index contributed by atoms with van der Waals surface area (Å²) in [4.78, 5) is 12.2. The lowest BCUT2D eigenvalue weighted by Crippen LogP contribution is -2.25. The standard InChI is InChI=1S/C19H21NO4/c1-13(2)24-16-6-4-15(5-7-16)19(21)20-10-9-14-3-8-17-18(11-14)23-12-22-17/h3-8,11,13H,9-10,12H2,1-2H3,(H,20,21). The largest absolute Gasteiger partial charge is 0.491 e. The van der Waals surface area contributed by atoms with Gasteiger partial charge in [-0.1, -0.05) is 6.07 Å². The molecule has 0 unspecified atom stereocenters. The van der Waals surface area contributed by atoms with Crippen molar-refractivity contribution in [2.45, 2.75) is 26.4 Å². The number of carbonyl (C=O) groups excluding carboxylic acids is 1. The molecule has 0 bridgehead atoms. The van der Waals surface area contributed by atoms with E-state index in [1.54, 1.807) is 12.1 Å². The highest BCUT2D eigenvalue weighted by Crippen LogP contribution is 2.32. The molecule has 2 aromatic carbocycles. The lowest BCUT2D eigenvalue weighted by atomic mass is 10.1. The Hall–Kier alpha value is -2.69. The Labute approximate surface area is 141 Å². The van der Waals surface area contributed by atoms with E-state index in [0.29, 0.717) is 12.1 Å². The molecule has 24 heavy (non-hydrogen) atoms. The number of amides is 1. The Kier molecular flexibility index (Phi) is 4.89. The Morgan fingerprint density at radius 2 is 1.88 bits per heavy atom. The first-order chi connectivity index (χ1) is 11.6. The van der Waals surface area contributed by atoms with Gasteiger partial charge < -0.3 is 19.5 Å². The Balaban J connectivity index is 1.50. The van der Waals surface area contributed by atoms with E-state index in [0.717, 1.165) is 29.2 Å². The monoisotopic (exact) mass is 327 g/mol. The topological polar surface area (TPSA) is 56.8 Å². The van der Waals surface area contributed by atoms with Gasteiger partial charge in [0.05, 0.1) is 6.10 Å². The minimum atomic E-state index is -0.0909. The summed E-state index contributed by atoms with van der Waals surface area (Å²) in [5.74, 6) is 2.21. The number of benzene rings is 2. The van der Waals surface area contributed by atoms with Crippen LogP contribution < -0.4 is 19.5 Å². The summed E-state index contributed by atoms with van der Waals surface area (Å²) >= 11 is 0. The number of hydrogen-bond donors (Lipinski definition) is 1. The molecule has 0 aliphatic carbocycles. The van der Waals surface area contributed by atoms with Crippen molar-refractivity contribution in [2.24, 2.45) is 0 Å². The zero-order valence-corrected chi connectivity index (χ0v) is 13.9. The van der Waals surface area contributed by atoms with Crippen LogP contribution in [0.25, 0.3) is 0 Å². The predicted octanol–water partition coefficient (Wildman–Crippen LogP) is 3.18. The Morgan fingerprint density at radius 1 is 1.12 bits per heavy atom. The molecular formula is C19H21NO4. The molecule has 0 atom stereocenters. The van der Waals surface area contributed by atoms with Crippen molar-refractivity contribution in [3.8, 4) is 17.2 Å². The van der Waals surface area contributed by atoms with Gasteiger partial charge in [-0.15, -0.1) is 0 Å². The average Bonchev–Trinajstić information content (AvgIpc) is 3.02. The maximum Gasteiger partial charge on any atom is 0.251 e. The molecule has 1 amide bonds. The first-order valence-corrected chi connectivity index (χ1v) is 8.05. The molecule has 0 radical (unpaired) electrons. The van der Waals surface area contributed by atoms with E-state index in [4.69, 9.17) is 14.2 Å². The molecule has 0 fully saturated rings. The summed E-state index contributed by atoms with van der Waals surface area (Å²) in [6, 6.07) is 13.0. The van der Waals surface area contributed by atoms with Gasteiger partial charge in [0.25, 0.3) is 5.91 Å². The summed E-state index contributed by atoms with van der Waals surface area (Å²) in [6.07, 6.45) is 0.850. The molecule has 2 aromatic rings. The van der Waals surface area contributed by atoms with Crippen molar-refractivity contribution in [2.75, 3.05) is 13.3 Å². The number of carbonyl (C=O) groups is 1. The van der Waals surface area contributed by atoms with Crippen LogP contribution in [-0.4, -0.2) is 25.3 Å². The average molecular weight is 327 g/mol. The molecular weight excluding hydrogens is 306 g/mol. The highest BCUT2D eigenvalue weighted by atomic mass is 16.7. The van der Waals surface area contributed by atoms with Crippen LogP contribution in [0.1, 0.15) is 29.8 Å². The normalized spacial score (nSPS) is 12.3. The lowest BCUT2D eigenvalue weighted by molar-refractivity contribution is 0.0954. The fraction of sp³-hybridized carbons (Fsp3) is 0.316. The molecule has 0 spiro atoms. The highest BCUT2D eigenvalue weighted by Gasteiger charge is 2.13. The fourth-order valence-corrected chi connectivity index (χ4v) is 2.48. The van der Waals surface area contributed by atoms with Crippen molar-refractivity contribution >= 4 is 5.91 Å². The number of fused-ring (bicyclic) bond motifs is 1. The van der Waals surface area contributed by atoms with Gasteiger partial charge in [-0.25, -0.2) is 0 Å². The van der Waals surface area contributed by atoms with Gasteiger partial charge in [0, 0.05) is 12.1 Å². The van der Waals surface area contributed by atoms with Gasteiger partial charge in [0.1, 0.15) is 5.75 Å². The third-order valence-corrected chi connectivity index (χ3v) is 3.62. The van der Waals surface area contributed by atoms with Crippen LogP contribution in [0, 0.1) is 0 Å². The van der Waals surface area contributed by atoms with E-state index in [1.807, 2.05) is 44.2 Å². The molecule has 126 valence electrons. The molecule has 0 aromatic heterocycles. The predicted molar refractivity (Wildman–Crippen MR) is 90.8 cm³/mol. The van der Waals surface area contributed by atoms with Crippen LogP contribution in [0.2, 0.25) is 0 Å². The SMILES string of the molecule is CC(C)Oc1ccc(C(=O)NCCc2ccc3c(c2)OCO3)cc1. The zero-order chi connectivity index (χ0) is 16.9. The van der Waals surface area contributed by atoms with Gasteiger partial charge in [0.2, 0.25) is 6.79 Å².